The highest BCUT2D eigenvalue weighted by Crippen LogP contribution is 2.26. The first-order valence-corrected chi connectivity index (χ1v) is 8.47. The van der Waals surface area contributed by atoms with Crippen LogP contribution in [0.5, 0.6) is 0 Å². The van der Waals surface area contributed by atoms with Crippen LogP contribution in [0.15, 0.2) is 34.9 Å². The molecule has 5 nitrogen and oxygen atoms in total. The van der Waals surface area contributed by atoms with E-state index in [1.165, 1.54) is 0 Å². The maximum absolute atomic E-state index is 13.1. The van der Waals surface area contributed by atoms with Gasteiger partial charge in [0.25, 0.3) is 5.91 Å². The molecule has 5 heteroatoms. The number of amides is 1. The second-order valence-corrected chi connectivity index (χ2v) is 7.10. The zero-order valence-corrected chi connectivity index (χ0v) is 14.3. The van der Waals surface area contributed by atoms with Crippen molar-refractivity contribution < 1.29 is 14.4 Å². The smallest absolute Gasteiger partial charge is 0.276 e. The lowest BCUT2D eigenvalue weighted by molar-refractivity contribution is 0.0274. The number of fused-ring (bicyclic) bond motifs is 1. The van der Waals surface area contributed by atoms with Crippen molar-refractivity contribution >= 4 is 5.91 Å². The molecule has 0 aliphatic heterocycles. The molecule has 1 heterocycles. The summed E-state index contributed by atoms with van der Waals surface area (Å²) in [5, 5.41) is 14.3. The maximum Gasteiger partial charge on any atom is 0.276 e. The van der Waals surface area contributed by atoms with E-state index in [2.05, 4.69) is 5.16 Å². The van der Waals surface area contributed by atoms with Gasteiger partial charge in [0.2, 0.25) is 0 Å². The second kappa shape index (κ2) is 6.77. The zero-order valence-electron chi connectivity index (χ0n) is 14.3. The Hall–Kier alpha value is -2.14. The van der Waals surface area contributed by atoms with Crippen LogP contribution < -0.4 is 0 Å². The Kier molecular flexibility index (Phi) is 4.71. The van der Waals surface area contributed by atoms with Crippen LogP contribution in [-0.2, 0) is 19.4 Å². The van der Waals surface area contributed by atoms with Gasteiger partial charge in [0.05, 0.1) is 5.60 Å². The number of carbonyl (C=O) groups excluding carboxylic acids is 1. The number of aliphatic hydroxyl groups is 1. The van der Waals surface area contributed by atoms with Crippen LogP contribution >= 0.6 is 0 Å². The Bertz CT molecular complexity index is 701. The van der Waals surface area contributed by atoms with Gasteiger partial charge in [0, 0.05) is 25.1 Å². The van der Waals surface area contributed by atoms with Gasteiger partial charge in [0.15, 0.2) is 5.69 Å². The van der Waals surface area contributed by atoms with E-state index in [1.807, 2.05) is 30.3 Å². The predicted octanol–water partition coefficient (Wildman–Crippen LogP) is 2.97. The van der Waals surface area contributed by atoms with Crippen molar-refractivity contribution in [3.05, 3.63) is 52.9 Å². The van der Waals surface area contributed by atoms with E-state index in [0.717, 1.165) is 42.6 Å². The second-order valence-electron chi connectivity index (χ2n) is 7.10. The van der Waals surface area contributed by atoms with E-state index in [0.29, 0.717) is 12.2 Å². The average molecular weight is 328 g/mol. The fourth-order valence-corrected chi connectivity index (χ4v) is 3.17. The van der Waals surface area contributed by atoms with Gasteiger partial charge in [-0.3, -0.25) is 4.79 Å². The molecule has 0 fully saturated rings. The predicted molar refractivity (Wildman–Crippen MR) is 90.6 cm³/mol. The van der Waals surface area contributed by atoms with E-state index >= 15 is 0 Å². The molecule has 0 spiro atoms. The number of rotatable bonds is 5. The van der Waals surface area contributed by atoms with Crippen molar-refractivity contribution in [3.63, 3.8) is 0 Å². The molecular weight excluding hydrogens is 304 g/mol. The van der Waals surface area contributed by atoms with Crippen molar-refractivity contribution in [2.45, 2.75) is 51.7 Å². The fraction of sp³-hybridized carbons (Fsp3) is 0.474. The van der Waals surface area contributed by atoms with Crippen molar-refractivity contribution in [2.24, 2.45) is 0 Å². The van der Waals surface area contributed by atoms with Crippen LogP contribution in [0.2, 0.25) is 0 Å². The van der Waals surface area contributed by atoms with E-state index in [4.69, 9.17) is 4.52 Å². The molecule has 1 amide bonds. The van der Waals surface area contributed by atoms with Gasteiger partial charge >= 0.3 is 0 Å². The maximum atomic E-state index is 13.1. The Morgan fingerprint density at radius 3 is 2.67 bits per heavy atom. The van der Waals surface area contributed by atoms with Crippen LogP contribution in [0.3, 0.4) is 0 Å². The lowest BCUT2D eigenvalue weighted by atomic mass is 9.96. The van der Waals surface area contributed by atoms with E-state index < -0.39 is 5.60 Å². The quantitative estimate of drug-likeness (QED) is 0.916. The third kappa shape index (κ3) is 3.85. The molecule has 0 atom stereocenters. The lowest BCUT2D eigenvalue weighted by Gasteiger charge is -2.29. The van der Waals surface area contributed by atoms with E-state index in [9.17, 15) is 9.90 Å². The highest BCUT2D eigenvalue weighted by molar-refractivity contribution is 5.94. The first-order valence-electron chi connectivity index (χ1n) is 8.47. The SMILES string of the molecule is CC(C)(O)CN(Cc1ccccc1)C(=O)c1noc2c1CCCC2. The molecule has 0 unspecified atom stereocenters. The van der Waals surface area contributed by atoms with Crippen molar-refractivity contribution in [2.75, 3.05) is 6.54 Å². The Morgan fingerprint density at radius 2 is 1.96 bits per heavy atom. The Balaban J connectivity index is 1.87. The summed E-state index contributed by atoms with van der Waals surface area (Å²) in [5.41, 5.74) is 1.39. The Morgan fingerprint density at radius 1 is 1.25 bits per heavy atom. The highest BCUT2D eigenvalue weighted by Gasteiger charge is 2.30. The largest absolute Gasteiger partial charge is 0.389 e. The molecule has 1 aromatic heterocycles. The van der Waals surface area contributed by atoms with Gasteiger partial charge in [-0.25, -0.2) is 0 Å². The topological polar surface area (TPSA) is 66.6 Å². The van der Waals surface area contributed by atoms with Crippen molar-refractivity contribution in [1.82, 2.24) is 10.1 Å². The van der Waals surface area contributed by atoms with E-state index in [-0.39, 0.29) is 12.5 Å². The average Bonchev–Trinajstić information content (AvgIpc) is 2.97. The first kappa shape index (κ1) is 16.7. The molecular formula is C19H24N2O3. The summed E-state index contributed by atoms with van der Waals surface area (Å²) in [7, 11) is 0. The molecule has 3 rings (SSSR count). The van der Waals surface area contributed by atoms with Crippen LogP contribution in [0, 0.1) is 0 Å². The number of aryl methyl sites for hydroxylation is 1. The number of aromatic nitrogens is 1. The standard InChI is InChI=1S/C19H24N2O3/c1-19(2,23)13-21(12-14-8-4-3-5-9-14)18(22)17-15-10-6-7-11-16(15)24-20-17/h3-5,8-9,23H,6-7,10-13H2,1-2H3. The van der Waals surface area contributed by atoms with Crippen molar-refractivity contribution in [1.29, 1.82) is 0 Å². The van der Waals surface area contributed by atoms with Gasteiger partial charge < -0.3 is 14.5 Å². The summed E-state index contributed by atoms with van der Waals surface area (Å²) in [6.45, 7) is 4.08. The lowest BCUT2D eigenvalue weighted by Crippen LogP contribution is -2.42. The fourth-order valence-electron chi connectivity index (χ4n) is 3.17. The minimum atomic E-state index is -0.978. The molecule has 1 aliphatic carbocycles. The van der Waals surface area contributed by atoms with E-state index in [1.54, 1.807) is 18.7 Å². The Labute approximate surface area is 142 Å². The summed E-state index contributed by atoms with van der Waals surface area (Å²) in [5.74, 6) is 0.667. The molecule has 128 valence electrons. The molecule has 24 heavy (non-hydrogen) atoms. The summed E-state index contributed by atoms with van der Waals surface area (Å²) >= 11 is 0. The summed E-state index contributed by atoms with van der Waals surface area (Å²) in [6, 6.07) is 9.78. The molecule has 0 bridgehead atoms. The third-order valence-electron chi connectivity index (χ3n) is 4.23. The van der Waals surface area contributed by atoms with Gasteiger partial charge in [-0.1, -0.05) is 35.5 Å². The normalized spacial score (nSPS) is 14.3. The summed E-state index contributed by atoms with van der Waals surface area (Å²) < 4.78 is 5.38. The van der Waals surface area contributed by atoms with Crippen LogP contribution in [0.4, 0.5) is 0 Å². The molecule has 0 saturated carbocycles. The number of nitrogens with zero attached hydrogens (tertiary/aromatic N) is 2. The molecule has 1 aliphatic rings. The van der Waals surface area contributed by atoms with Crippen LogP contribution in [-0.4, -0.2) is 33.2 Å². The first-order chi connectivity index (χ1) is 11.4. The molecule has 1 N–H and O–H groups in total. The van der Waals surface area contributed by atoms with Gasteiger partial charge in [-0.2, -0.15) is 0 Å². The third-order valence-corrected chi connectivity index (χ3v) is 4.23. The number of hydrogen-bond acceptors (Lipinski definition) is 4. The van der Waals surface area contributed by atoms with Gasteiger partial charge in [0.1, 0.15) is 5.76 Å². The minimum Gasteiger partial charge on any atom is -0.389 e. The minimum absolute atomic E-state index is 0.173. The van der Waals surface area contributed by atoms with Crippen molar-refractivity contribution in [3.8, 4) is 0 Å². The molecule has 0 saturated heterocycles. The molecule has 0 radical (unpaired) electrons. The van der Waals surface area contributed by atoms with Gasteiger partial charge in [-0.05, 0) is 38.7 Å². The monoisotopic (exact) mass is 328 g/mol. The molecule has 1 aromatic carbocycles. The van der Waals surface area contributed by atoms with Gasteiger partial charge in [-0.15, -0.1) is 0 Å². The molecule has 2 aromatic rings. The van der Waals surface area contributed by atoms with Crippen LogP contribution in [0.1, 0.15) is 54.1 Å². The number of hydrogen-bond donors (Lipinski definition) is 1. The van der Waals surface area contributed by atoms with Crippen LogP contribution in [0.25, 0.3) is 0 Å². The number of carbonyl (C=O) groups is 1. The zero-order chi connectivity index (χ0) is 17.2. The highest BCUT2D eigenvalue weighted by atomic mass is 16.5. The summed E-state index contributed by atoms with van der Waals surface area (Å²) in [6.07, 6.45) is 3.81. The number of benzene rings is 1. The summed E-state index contributed by atoms with van der Waals surface area (Å²) in [4.78, 5) is 14.7.